The number of quaternary nitrogens is 1. The molecule has 0 saturated carbocycles. The minimum Gasteiger partial charge on any atom is -0.550 e. The standard InChI is InChI=1S/C22H30N2O6/c1-6-28-17-7-9-18(10-8-17)29-14-19-11-15(2)21(30-19)22(27)23-16(12-20(25)26)13-24(3,4)5/h7-11,16H,6,12-14H2,1-5H3,(H-,23,25,26,27)/t16-/m1/s1. The van der Waals surface area contributed by atoms with E-state index in [1.807, 2.05) is 40.2 Å². The first-order chi connectivity index (χ1) is 14.1. The van der Waals surface area contributed by atoms with Crippen LogP contribution in [0, 0.1) is 6.92 Å². The Morgan fingerprint density at radius 3 is 2.27 bits per heavy atom. The van der Waals surface area contributed by atoms with Crippen molar-refractivity contribution in [3.63, 3.8) is 0 Å². The largest absolute Gasteiger partial charge is 0.550 e. The number of aliphatic carboxylic acids is 1. The normalized spacial score (nSPS) is 12.3. The number of rotatable bonds is 11. The molecule has 0 spiro atoms. The van der Waals surface area contributed by atoms with Gasteiger partial charge in [-0.15, -0.1) is 0 Å². The van der Waals surface area contributed by atoms with Gasteiger partial charge < -0.3 is 33.6 Å². The summed E-state index contributed by atoms with van der Waals surface area (Å²) in [5, 5.41) is 13.8. The van der Waals surface area contributed by atoms with Crippen molar-refractivity contribution in [3.8, 4) is 11.5 Å². The SMILES string of the molecule is CCOc1ccc(OCc2cc(C)c(C(=O)N[C@H](CC(=O)[O-])C[N+](C)(C)C)o2)cc1. The molecule has 8 nitrogen and oxygen atoms in total. The average molecular weight is 418 g/mol. The first kappa shape index (κ1) is 23.3. The summed E-state index contributed by atoms with van der Waals surface area (Å²) in [4.78, 5) is 23.7. The van der Waals surface area contributed by atoms with Crippen molar-refractivity contribution in [2.45, 2.75) is 32.9 Å². The van der Waals surface area contributed by atoms with Crippen LogP contribution in [0.15, 0.2) is 34.7 Å². The van der Waals surface area contributed by atoms with Crippen LogP contribution in [-0.2, 0) is 11.4 Å². The van der Waals surface area contributed by atoms with Crippen molar-refractivity contribution in [2.75, 3.05) is 34.3 Å². The number of furan rings is 1. The highest BCUT2D eigenvalue weighted by molar-refractivity contribution is 5.93. The molecule has 2 rings (SSSR count). The number of ether oxygens (including phenoxy) is 2. The smallest absolute Gasteiger partial charge is 0.287 e. The lowest BCUT2D eigenvalue weighted by Gasteiger charge is -2.29. The third-order valence-corrected chi connectivity index (χ3v) is 4.21. The second-order valence-corrected chi connectivity index (χ2v) is 8.14. The van der Waals surface area contributed by atoms with E-state index in [1.54, 1.807) is 25.1 Å². The fourth-order valence-corrected chi connectivity index (χ4v) is 3.07. The van der Waals surface area contributed by atoms with Crippen LogP contribution in [0.4, 0.5) is 0 Å². The maximum Gasteiger partial charge on any atom is 0.287 e. The van der Waals surface area contributed by atoms with E-state index in [-0.39, 0.29) is 18.8 Å². The molecule has 0 aliphatic carbocycles. The van der Waals surface area contributed by atoms with Gasteiger partial charge in [0.1, 0.15) is 23.9 Å². The van der Waals surface area contributed by atoms with E-state index in [1.165, 1.54) is 0 Å². The molecule has 0 bridgehead atoms. The van der Waals surface area contributed by atoms with Crippen molar-refractivity contribution in [1.82, 2.24) is 5.32 Å². The van der Waals surface area contributed by atoms with E-state index < -0.39 is 17.9 Å². The predicted molar refractivity (Wildman–Crippen MR) is 109 cm³/mol. The second kappa shape index (κ2) is 10.2. The molecule has 1 atom stereocenters. The Morgan fingerprint density at radius 1 is 1.13 bits per heavy atom. The van der Waals surface area contributed by atoms with E-state index >= 15 is 0 Å². The fourth-order valence-electron chi connectivity index (χ4n) is 3.07. The number of carboxylic acid groups (broad SMARTS) is 1. The molecule has 164 valence electrons. The van der Waals surface area contributed by atoms with Crippen LogP contribution >= 0.6 is 0 Å². The molecule has 1 aromatic heterocycles. The second-order valence-electron chi connectivity index (χ2n) is 8.14. The number of nitrogens with one attached hydrogen (secondary N) is 1. The number of aryl methyl sites for hydroxylation is 1. The Labute approximate surface area is 177 Å². The lowest BCUT2D eigenvalue weighted by atomic mass is 10.1. The maximum atomic E-state index is 12.6. The average Bonchev–Trinajstić information content (AvgIpc) is 3.00. The van der Waals surface area contributed by atoms with Crippen LogP contribution in [-0.4, -0.2) is 56.7 Å². The minimum absolute atomic E-state index is 0.144. The van der Waals surface area contributed by atoms with Gasteiger partial charge >= 0.3 is 0 Å². The van der Waals surface area contributed by atoms with Crippen molar-refractivity contribution in [2.24, 2.45) is 0 Å². The molecule has 0 aliphatic rings. The molecule has 0 aliphatic heterocycles. The topological polar surface area (TPSA) is 101 Å². The van der Waals surface area contributed by atoms with Crippen molar-refractivity contribution in [1.29, 1.82) is 0 Å². The van der Waals surface area contributed by atoms with E-state index in [0.717, 1.165) is 5.75 Å². The third-order valence-electron chi connectivity index (χ3n) is 4.21. The maximum absolute atomic E-state index is 12.6. The zero-order valence-electron chi connectivity index (χ0n) is 18.2. The molecule has 1 aromatic carbocycles. The summed E-state index contributed by atoms with van der Waals surface area (Å²) in [6.07, 6.45) is -0.269. The van der Waals surface area contributed by atoms with Gasteiger partial charge in [0.15, 0.2) is 5.76 Å². The number of hydrogen-bond donors (Lipinski definition) is 1. The lowest BCUT2D eigenvalue weighted by molar-refractivity contribution is -0.871. The first-order valence-electron chi connectivity index (χ1n) is 9.83. The van der Waals surface area contributed by atoms with E-state index in [9.17, 15) is 14.7 Å². The van der Waals surface area contributed by atoms with Crippen molar-refractivity contribution >= 4 is 11.9 Å². The van der Waals surface area contributed by atoms with Crippen molar-refractivity contribution < 1.29 is 33.1 Å². The highest BCUT2D eigenvalue weighted by atomic mass is 16.5. The molecule has 8 heteroatoms. The van der Waals surface area contributed by atoms with Crippen molar-refractivity contribution in [3.05, 3.63) is 47.4 Å². The highest BCUT2D eigenvalue weighted by Crippen LogP contribution is 2.21. The van der Waals surface area contributed by atoms with E-state index in [4.69, 9.17) is 13.9 Å². The Balaban J connectivity index is 2.01. The number of carboxylic acids is 1. The minimum atomic E-state index is -1.21. The first-order valence-corrected chi connectivity index (χ1v) is 9.83. The van der Waals surface area contributed by atoms with Gasteiger partial charge in [-0.1, -0.05) is 0 Å². The summed E-state index contributed by atoms with van der Waals surface area (Å²) in [5.41, 5.74) is 0.648. The van der Waals surface area contributed by atoms with Gasteiger partial charge in [-0.3, -0.25) is 4.79 Å². The summed E-state index contributed by atoms with van der Waals surface area (Å²) in [6.45, 7) is 4.86. The highest BCUT2D eigenvalue weighted by Gasteiger charge is 2.24. The molecule has 0 saturated heterocycles. The zero-order valence-corrected chi connectivity index (χ0v) is 18.2. The Hall–Kier alpha value is -3.00. The molecular formula is C22H30N2O6. The number of nitrogens with zero attached hydrogens (tertiary/aromatic N) is 1. The molecule has 0 fully saturated rings. The molecule has 0 radical (unpaired) electrons. The third kappa shape index (κ3) is 7.44. The fraction of sp³-hybridized carbons (Fsp3) is 0.455. The van der Waals surface area contributed by atoms with Gasteiger partial charge in [0.2, 0.25) is 0 Å². The monoisotopic (exact) mass is 418 g/mol. The number of likely N-dealkylation sites (N-methyl/N-ethyl adjacent to an activating group) is 1. The van der Waals surface area contributed by atoms with Gasteiger partial charge in [-0.25, -0.2) is 0 Å². The van der Waals surface area contributed by atoms with Crippen LogP contribution in [0.3, 0.4) is 0 Å². The molecule has 30 heavy (non-hydrogen) atoms. The summed E-state index contributed by atoms with van der Waals surface area (Å²) in [5.74, 6) is 0.377. The van der Waals surface area contributed by atoms with E-state index in [0.29, 0.717) is 34.7 Å². The summed E-state index contributed by atoms with van der Waals surface area (Å²) in [6, 6.07) is 8.38. The van der Waals surface area contributed by atoms with Gasteiger partial charge in [-0.2, -0.15) is 0 Å². The molecule has 1 heterocycles. The van der Waals surface area contributed by atoms with E-state index in [2.05, 4.69) is 5.32 Å². The predicted octanol–water partition coefficient (Wildman–Crippen LogP) is 1.51. The lowest BCUT2D eigenvalue weighted by Crippen LogP contribution is -2.50. The van der Waals surface area contributed by atoms with Gasteiger partial charge in [0.25, 0.3) is 5.91 Å². The Kier molecular flexibility index (Phi) is 7.88. The van der Waals surface area contributed by atoms with Crippen LogP contribution < -0.4 is 19.9 Å². The Morgan fingerprint density at radius 2 is 1.73 bits per heavy atom. The number of amides is 1. The summed E-state index contributed by atoms with van der Waals surface area (Å²) < 4.78 is 17.3. The Bertz CT molecular complexity index is 852. The van der Waals surface area contributed by atoms with Crippen LogP contribution in [0.2, 0.25) is 0 Å². The number of hydrogen-bond acceptors (Lipinski definition) is 6. The molecular weight excluding hydrogens is 388 g/mol. The summed E-state index contributed by atoms with van der Waals surface area (Å²) in [7, 11) is 5.76. The quantitative estimate of drug-likeness (QED) is 0.555. The zero-order chi connectivity index (χ0) is 22.3. The number of carbonyl (C=O) groups is 2. The van der Waals surface area contributed by atoms with Crippen LogP contribution in [0.1, 0.15) is 35.2 Å². The molecule has 2 aromatic rings. The molecule has 1 N–H and O–H groups in total. The number of carbonyl (C=O) groups excluding carboxylic acids is 2. The molecule has 0 unspecified atom stereocenters. The van der Waals surface area contributed by atoms with Crippen LogP contribution in [0.5, 0.6) is 11.5 Å². The van der Waals surface area contributed by atoms with Gasteiger partial charge in [0.05, 0.1) is 40.3 Å². The summed E-state index contributed by atoms with van der Waals surface area (Å²) >= 11 is 0. The number of benzene rings is 1. The molecule has 1 amide bonds. The van der Waals surface area contributed by atoms with Gasteiger partial charge in [-0.05, 0) is 44.2 Å². The van der Waals surface area contributed by atoms with Crippen LogP contribution in [0.25, 0.3) is 0 Å². The van der Waals surface area contributed by atoms with Gasteiger partial charge in [0, 0.05) is 18.0 Å².